The fourth-order valence-corrected chi connectivity index (χ4v) is 2.04. The summed E-state index contributed by atoms with van der Waals surface area (Å²) in [6, 6.07) is 0.373. The third-order valence-corrected chi connectivity index (χ3v) is 2.95. The van der Waals surface area contributed by atoms with Crippen LogP contribution in [-0.2, 0) is 0 Å². The molecule has 0 amide bonds. The van der Waals surface area contributed by atoms with Crippen LogP contribution in [0.4, 0.5) is 0 Å². The molecule has 1 aliphatic rings. The predicted molar refractivity (Wildman–Crippen MR) is 54.3 cm³/mol. The van der Waals surface area contributed by atoms with E-state index in [1.54, 1.807) is 0 Å². The molecule has 0 spiro atoms. The van der Waals surface area contributed by atoms with E-state index in [2.05, 4.69) is 17.7 Å². The van der Waals surface area contributed by atoms with E-state index in [1.165, 1.54) is 6.42 Å². The highest BCUT2D eigenvalue weighted by Gasteiger charge is 2.29. The minimum Gasteiger partial charge on any atom is -0.395 e. The van der Waals surface area contributed by atoms with E-state index >= 15 is 0 Å². The van der Waals surface area contributed by atoms with Gasteiger partial charge in [-0.25, -0.2) is 0 Å². The standard InChI is InChI=1S/C11H19NO/c1-3-4-5-7-12-8-6-10(2)11(12)9-13/h1,10-11,13H,4-9H2,2H3. The Bertz CT molecular complexity index is 185. The van der Waals surface area contributed by atoms with Crippen LogP contribution in [0, 0.1) is 18.3 Å². The highest BCUT2D eigenvalue weighted by Crippen LogP contribution is 2.23. The number of hydrogen-bond donors (Lipinski definition) is 1. The second kappa shape index (κ2) is 5.26. The Balaban J connectivity index is 2.29. The van der Waals surface area contributed by atoms with Gasteiger partial charge in [-0.2, -0.15) is 0 Å². The molecular weight excluding hydrogens is 162 g/mol. The molecule has 74 valence electrons. The van der Waals surface area contributed by atoms with Gasteiger partial charge < -0.3 is 5.11 Å². The van der Waals surface area contributed by atoms with Crippen molar-refractivity contribution in [1.29, 1.82) is 0 Å². The van der Waals surface area contributed by atoms with E-state index < -0.39 is 0 Å². The summed E-state index contributed by atoms with van der Waals surface area (Å²) in [5.41, 5.74) is 0. The van der Waals surface area contributed by atoms with E-state index in [-0.39, 0.29) is 6.61 Å². The lowest BCUT2D eigenvalue weighted by Gasteiger charge is -2.24. The number of rotatable bonds is 4. The van der Waals surface area contributed by atoms with Crippen molar-refractivity contribution in [3.63, 3.8) is 0 Å². The van der Waals surface area contributed by atoms with Gasteiger partial charge in [0, 0.05) is 12.5 Å². The lowest BCUT2D eigenvalue weighted by molar-refractivity contribution is 0.139. The first-order valence-corrected chi connectivity index (χ1v) is 5.08. The van der Waals surface area contributed by atoms with Gasteiger partial charge >= 0.3 is 0 Å². The second-order valence-corrected chi connectivity index (χ2v) is 3.86. The predicted octanol–water partition coefficient (Wildman–Crippen LogP) is 1.10. The van der Waals surface area contributed by atoms with Crippen molar-refractivity contribution in [2.75, 3.05) is 19.7 Å². The van der Waals surface area contributed by atoms with Crippen molar-refractivity contribution < 1.29 is 5.11 Å². The molecule has 1 rings (SSSR count). The first-order chi connectivity index (χ1) is 6.29. The third-order valence-electron chi connectivity index (χ3n) is 2.95. The summed E-state index contributed by atoms with van der Waals surface area (Å²) in [7, 11) is 0. The summed E-state index contributed by atoms with van der Waals surface area (Å²) in [6.07, 6.45) is 8.30. The number of likely N-dealkylation sites (tertiary alicyclic amines) is 1. The lowest BCUT2D eigenvalue weighted by Crippen LogP contribution is -2.35. The quantitative estimate of drug-likeness (QED) is 0.518. The maximum atomic E-state index is 9.18. The van der Waals surface area contributed by atoms with E-state index in [9.17, 15) is 5.11 Å². The lowest BCUT2D eigenvalue weighted by atomic mass is 10.0. The van der Waals surface area contributed by atoms with E-state index in [4.69, 9.17) is 6.42 Å². The number of hydrogen-bond acceptors (Lipinski definition) is 2. The third kappa shape index (κ3) is 2.72. The number of terminal acetylenes is 1. The van der Waals surface area contributed by atoms with Crippen LogP contribution >= 0.6 is 0 Å². The molecule has 2 atom stereocenters. The molecular formula is C11H19NO. The van der Waals surface area contributed by atoms with Crippen LogP contribution in [0.2, 0.25) is 0 Å². The molecule has 2 heteroatoms. The zero-order valence-corrected chi connectivity index (χ0v) is 8.37. The Morgan fingerprint density at radius 2 is 2.38 bits per heavy atom. The molecule has 2 unspecified atom stereocenters. The van der Waals surface area contributed by atoms with Gasteiger partial charge in [0.25, 0.3) is 0 Å². The van der Waals surface area contributed by atoms with Crippen molar-refractivity contribution in [2.45, 2.75) is 32.2 Å². The minimum absolute atomic E-state index is 0.289. The Morgan fingerprint density at radius 1 is 1.62 bits per heavy atom. The van der Waals surface area contributed by atoms with Gasteiger partial charge in [0.1, 0.15) is 0 Å². The van der Waals surface area contributed by atoms with Crippen molar-refractivity contribution in [3.05, 3.63) is 0 Å². The van der Waals surface area contributed by atoms with Crippen LogP contribution < -0.4 is 0 Å². The molecule has 13 heavy (non-hydrogen) atoms. The normalized spacial score (nSPS) is 29.0. The van der Waals surface area contributed by atoms with Crippen molar-refractivity contribution >= 4 is 0 Å². The van der Waals surface area contributed by atoms with Crippen LogP contribution in [-0.4, -0.2) is 35.7 Å². The topological polar surface area (TPSA) is 23.5 Å². The highest BCUT2D eigenvalue weighted by molar-refractivity contribution is 4.87. The summed E-state index contributed by atoms with van der Waals surface area (Å²) in [5, 5.41) is 9.18. The summed E-state index contributed by atoms with van der Waals surface area (Å²) >= 11 is 0. The maximum absolute atomic E-state index is 9.18. The molecule has 0 aliphatic carbocycles. The fraction of sp³-hybridized carbons (Fsp3) is 0.818. The first kappa shape index (κ1) is 10.6. The first-order valence-electron chi connectivity index (χ1n) is 5.08. The summed E-state index contributed by atoms with van der Waals surface area (Å²) < 4.78 is 0. The monoisotopic (exact) mass is 181 g/mol. The van der Waals surface area contributed by atoms with Gasteiger partial charge in [-0.3, -0.25) is 4.90 Å². The Hall–Kier alpha value is -0.520. The van der Waals surface area contributed by atoms with E-state index in [0.29, 0.717) is 12.0 Å². The van der Waals surface area contributed by atoms with E-state index in [1.807, 2.05) is 0 Å². The largest absolute Gasteiger partial charge is 0.395 e. The van der Waals surface area contributed by atoms with Gasteiger partial charge in [0.2, 0.25) is 0 Å². The van der Waals surface area contributed by atoms with Crippen molar-refractivity contribution in [3.8, 4) is 12.3 Å². The molecule has 1 aliphatic heterocycles. The van der Waals surface area contributed by atoms with Gasteiger partial charge in [0.15, 0.2) is 0 Å². The minimum atomic E-state index is 0.289. The fourth-order valence-electron chi connectivity index (χ4n) is 2.04. The molecule has 1 heterocycles. The van der Waals surface area contributed by atoms with Crippen LogP contribution in [0.15, 0.2) is 0 Å². The molecule has 2 nitrogen and oxygen atoms in total. The maximum Gasteiger partial charge on any atom is 0.0589 e. The molecule has 0 aromatic carbocycles. The van der Waals surface area contributed by atoms with Crippen molar-refractivity contribution in [1.82, 2.24) is 4.90 Å². The molecule has 0 aromatic heterocycles. The second-order valence-electron chi connectivity index (χ2n) is 3.86. The summed E-state index contributed by atoms with van der Waals surface area (Å²) in [6.45, 7) is 4.66. The Labute approximate surface area is 80.9 Å². The van der Waals surface area contributed by atoms with Gasteiger partial charge in [-0.15, -0.1) is 12.3 Å². The van der Waals surface area contributed by atoms with Crippen LogP contribution in [0.1, 0.15) is 26.2 Å². The molecule has 0 radical (unpaired) electrons. The van der Waals surface area contributed by atoms with Crippen LogP contribution in [0.25, 0.3) is 0 Å². The zero-order valence-electron chi connectivity index (χ0n) is 8.37. The van der Waals surface area contributed by atoms with Gasteiger partial charge in [-0.1, -0.05) is 6.92 Å². The SMILES string of the molecule is C#CCCCN1CCC(C)C1CO. The molecule has 1 saturated heterocycles. The van der Waals surface area contributed by atoms with E-state index in [0.717, 1.165) is 25.9 Å². The summed E-state index contributed by atoms with van der Waals surface area (Å²) in [5.74, 6) is 3.28. The molecule has 1 fully saturated rings. The molecule has 0 saturated carbocycles. The molecule has 1 N–H and O–H groups in total. The van der Waals surface area contributed by atoms with Crippen molar-refractivity contribution in [2.24, 2.45) is 5.92 Å². The Morgan fingerprint density at radius 3 is 3.00 bits per heavy atom. The number of aliphatic hydroxyl groups excluding tert-OH is 1. The number of nitrogens with zero attached hydrogens (tertiary/aromatic N) is 1. The van der Waals surface area contributed by atoms with Gasteiger partial charge in [0.05, 0.1) is 6.61 Å². The zero-order chi connectivity index (χ0) is 9.68. The molecule has 0 aromatic rings. The molecule has 0 bridgehead atoms. The average Bonchev–Trinajstić information content (AvgIpc) is 2.47. The number of aliphatic hydroxyl groups is 1. The van der Waals surface area contributed by atoms with Gasteiger partial charge in [-0.05, 0) is 31.8 Å². The summed E-state index contributed by atoms with van der Waals surface area (Å²) in [4.78, 5) is 2.36. The van der Waals surface area contributed by atoms with Crippen LogP contribution in [0.3, 0.4) is 0 Å². The Kier molecular flexibility index (Phi) is 4.27. The number of unbranched alkanes of at least 4 members (excludes halogenated alkanes) is 1. The highest BCUT2D eigenvalue weighted by atomic mass is 16.3. The smallest absolute Gasteiger partial charge is 0.0589 e. The average molecular weight is 181 g/mol. The van der Waals surface area contributed by atoms with Crippen LogP contribution in [0.5, 0.6) is 0 Å².